The van der Waals surface area contributed by atoms with Gasteiger partial charge in [0, 0.05) is 12.8 Å². The zero-order chi connectivity index (χ0) is 36.5. The van der Waals surface area contributed by atoms with Crippen LogP contribution in [0.2, 0.25) is 0 Å². The second-order valence-electron chi connectivity index (χ2n) is 13.5. The maximum atomic E-state index is 11.9. The van der Waals surface area contributed by atoms with Crippen molar-refractivity contribution in [3.63, 3.8) is 0 Å². The zero-order valence-electron chi connectivity index (χ0n) is 29.3. The molecule has 0 atom stereocenters. The third-order valence-electron chi connectivity index (χ3n) is 8.91. The lowest BCUT2D eigenvalue weighted by molar-refractivity contribution is 0.348. The molecule has 0 spiro atoms. The van der Waals surface area contributed by atoms with Crippen LogP contribution in [0.25, 0.3) is 0 Å². The van der Waals surface area contributed by atoms with Gasteiger partial charge >= 0.3 is 0 Å². The summed E-state index contributed by atoms with van der Waals surface area (Å²) in [5.41, 5.74) is 7.10. The van der Waals surface area contributed by atoms with Gasteiger partial charge < -0.3 is 9.47 Å². The van der Waals surface area contributed by atoms with Gasteiger partial charge in [0.1, 0.15) is 21.3 Å². The molecule has 6 rings (SSSR count). The van der Waals surface area contributed by atoms with Crippen molar-refractivity contribution in [2.45, 2.75) is 106 Å². The standard InChI is InChI=1S/C12H17NO3S.C12H17NO2S.C11H15NO3S/c1-8(2)10-6-9-4-5-16-12(9)11(7-10)17(14,15)13-3;1-8(2)10-6-9-4-3-5-11(9)12(7-10)16(13,14)15;1-7(2)9-5-8-3-4-15-11(8)10(6-9)16(12,13)14/h6-8,13H,4-5H2,1-3H3;6-8H,3-5H2,1-2H3,(H2,13,14,15);5-7H,3-4H2,1-2H3,(H2,12,13,14). The Hall–Kier alpha value is -3.01. The van der Waals surface area contributed by atoms with Crippen LogP contribution in [-0.2, 0) is 55.8 Å². The Balaban J connectivity index is 0.000000166. The highest BCUT2D eigenvalue weighted by Gasteiger charge is 2.27. The van der Waals surface area contributed by atoms with Crippen molar-refractivity contribution < 1.29 is 34.7 Å². The summed E-state index contributed by atoms with van der Waals surface area (Å²) in [4.78, 5) is 0.719. The summed E-state index contributed by atoms with van der Waals surface area (Å²) in [5, 5.41) is 10.5. The summed E-state index contributed by atoms with van der Waals surface area (Å²) < 4.78 is 83.0. The van der Waals surface area contributed by atoms with E-state index in [1.165, 1.54) is 7.05 Å². The molecule has 0 saturated carbocycles. The molecular formula is C35H49N3O8S3. The van der Waals surface area contributed by atoms with Crippen molar-refractivity contribution in [1.82, 2.24) is 4.72 Å². The second kappa shape index (κ2) is 15.1. The molecule has 0 aromatic heterocycles. The second-order valence-corrected chi connectivity index (χ2v) is 18.4. The Labute approximate surface area is 291 Å². The van der Waals surface area contributed by atoms with Gasteiger partial charge in [-0.15, -0.1) is 0 Å². The monoisotopic (exact) mass is 735 g/mol. The summed E-state index contributed by atoms with van der Waals surface area (Å²) in [6, 6.07) is 11.2. The molecule has 3 aliphatic rings. The molecular weight excluding hydrogens is 687 g/mol. The summed E-state index contributed by atoms with van der Waals surface area (Å²) >= 11 is 0. The van der Waals surface area contributed by atoms with Crippen LogP contribution in [-0.4, -0.2) is 45.5 Å². The molecule has 49 heavy (non-hydrogen) atoms. The van der Waals surface area contributed by atoms with E-state index in [2.05, 4.69) is 24.6 Å². The Morgan fingerprint density at radius 1 is 0.571 bits per heavy atom. The lowest BCUT2D eigenvalue weighted by Gasteiger charge is -2.13. The van der Waals surface area contributed by atoms with Gasteiger partial charge in [-0.25, -0.2) is 40.3 Å². The summed E-state index contributed by atoms with van der Waals surface area (Å²) in [7, 11) is -9.33. The van der Waals surface area contributed by atoms with E-state index in [4.69, 9.17) is 19.8 Å². The van der Waals surface area contributed by atoms with E-state index in [0.29, 0.717) is 41.4 Å². The Morgan fingerprint density at radius 2 is 0.980 bits per heavy atom. The van der Waals surface area contributed by atoms with Crippen molar-refractivity contribution in [3.8, 4) is 11.5 Å². The number of primary sulfonamides is 2. The van der Waals surface area contributed by atoms with E-state index in [1.54, 1.807) is 18.2 Å². The zero-order valence-corrected chi connectivity index (χ0v) is 31.7. The van der Waals surface area contributed by atoms with E-state index in [1.807, 2.05) is 39.8 Å². The van der Waals surface area contributed by atoms with Crippen LogP contribution in [0, 0.1) is 0 Å². The van der Waals surface area contributed by atoms with Gasteiger partial charge in [-0.2, -0.15) is 0 Å². The number of fused-ring (bicyclic) bond motifs is 3. The molecule has 2 aliphatic heterocycles. The molecule has 0 unspecified atom stereocenters. The first kappa shape index (κ1) is 38.8. The van der Waals surface area contributed by atoms with Crippen molar-refractivity contribution in [2.75, 3.05) is 20.3 Å². The van der Waals surface area contributed by atoms with E-state index >= 15 is 0 Å². The van der Waals surface area contributed by atoms with Gasteiger partial charge in [-0.3, -0.25) is 0 Å². The van der Waals surface area contributed by atoms with E-state index in [9.17, 15) is 25.3 Å². The number of nitrogens with two attached hydrogens (primary N) is 2. The van der Waals surface area contributed by atoms with E-state index in [0.717, 1.165) is 71.0 Å². The van der Waals surface area contributed by atoms with Gasteiger partial charge in [0.2, 0.25) is 30.1 Å². The Morgan fingerprint density at radius 3 is 1.41 bits per heavy atom. The molecule has 0 bridgehead atoms. The van der Waals surface area contributed by atoms with Crippen LogP contribution < -0.4 is 24.5 Å². The smallest absolute Gasteiger partial charge is 0.244 e. The predicted octanol–water partition coefficient (Wildman–Crippen LogP) is 4.99. The normalized spacial score (nSPS) is 15.1. The van der Waals surface area contributed by atoms with Gasteiger partial charge in [0.05, 0.1) is 18.1 Å². The largest absolute Gasteiger partial charge is 0.492 e. The topological polar surface area (TPSA) is 185 Å². The summed E-state index contributed by atoms with van der Waals surface area (Å²) in [5.74, 6) is 1.85. The average Bonchev–Trinajstić information content (AvgIpc) is 3.79. The van der Waals surface area contributed by atoms with Gasteiger partial charge in [0.25, 0.3) is 0 Å². The quantitative estimate of drug-likeness (QED) is 0.303. The number of aryl methyl sites for hydroxylation is 1. The number of hydrogen-bond donors (Lipinski definition) is 3. The number of ether oxygens (including phenoxy) is 2. The van der Waals surface area contributed by atoms with Crippen molar-refractivity contribution in [2.24, 2.45) is 10.3 Å². The molecule has 5 N–H and O–H groups in total. The molecule has 0 amide bonds. The molecule has 0 fully saturated rings. The fourth-order valence-electron chi connectivity index (χ4n) is 6.06. The van der Waals surface area contributed by atoms with Crippen molar-refractivity contribution in [3.05, 3.63) is 75.3 Å². The number of hydrogen-bond acceptors (Lipinski definition) is 8. The first-order chi connectivity index (χ1) is 22.7. The van der Waals surface area contributed by atoms with Crippen LogP contribution in [0.3, 0.4) is 0 Å². The Bertz CT molecular complexity index is 1940. The van der Waals surface area contributed by atoms with Crippen LogP contribution >= 0.6 is 0 Å². The molecule has 3 aromatic rings. The van der Waals surface area contributed by atoms with E-state index < -0.39 is 30.1 Å². The van der Waals surface area contributed by atoms with Crippen LogP contribution in [0.5, 0.6) is 11.5 Å². The fourth-order valence-corrected chi connectivity index (χ4v) is 8.63. The summed E-state index contributed by atoms with van der Waals surface area (Å²) in [6.07, 6.45) is 4.36. The highest BCUT2D eigenvalue weighted by Crippen LogP contribution is 2.37. The molecule has 3 aromatic carbocycles. The predicted molar refractivity (Wildman–Crippen MR) is 191 cm³/mol. The SMILES string of the molecule is CC(C)c1cc2c(c(S(N)(=O)=O)c1)CCC2.CC(C)c1cc2c(c(S(N)(=O)=O)c1)OCC2.CNS(=O)(=O)c1cc(C(C)C)cc2c1OCC2. The minimum Gasteiger partial charge on any atom is -0.492 e. The summed E-state index contributed by atoms with van der Waals surface area (Å²) in [6.45, 7) is 13.3. The number of rotatable bonds is 7. The third kappa shape index (κ3) is 9.02. The Kier molecular flexibility index (Phi) is 11.9. The molecule has 14 heteroatoms. The number of nitrogens with one attached hydrogen (secondary N) is 1. The lowest BCUT2D eigenvalue weighted by Crippen LogP contribution is -2.19. The third-order valence-corrected chi connectivity index (χ3v) is 12.2. The maximum Gasteiger partial charge on any atom is 0.244 e. The molecule has 2 heterocycles. The van der Waals surface area contributed by atoms with Crippen LogP contribution in [0.4, 0.5) is 0 Å². The van der Waals surface area contributed by atoms with Gasteiger partial charge in [-0.05, 0) is 101 Å². The maximum absolute atomic E-state index is 11.9. The van der Waals surface area contributed by atoms with Crippen LogP contribution in [0.15, 0.2) is 51.1 Å². The lowest BCUT2D eigenvalue weighted by atomic mass is 9.98. The molecule has 1 aliphatic carbocycles. The number of benzene rings is 3. The average molecular weight is 736 g/mol. The van der Waals surface area contributed by atoms with E-state index in [-0.39, 0.29) is 15.7 Å². The first-order valence-electron chi connectivity index (χ1n) is 16.5. The first-order valence-corrected chi connectivity index (χ1v) is 21.1. The molecule has 270 valence electrons. The number of sulfonamides is 3. The highest BCUT2D eigenvalue weighted by molar-refractivity contribution is 7.90. The molecule has 11 nitrogen and oxygen atoms in total. The molecule has 0 saturated heterocycles. The van der Waals surface area contributed by atoms with Crippen molar-refractivity contribution >= 4 is 30.1 Å². The fraction of sp³-hybridized carbons (Fsp3) is 0.486. The van der Waals surface area contributed by atoms with Gasteiger partial charge in [0.15, 0.2) is 0 Å². The minimum absolute atomic E-state index is 0.117. The minimum atomic E-state index is -3.71. The van der Waals surface area contributed by atoms with Gasteiger partial charge in [-0.1, -0.05) is 59.7 Å². The van der Waals surface area contributed by atoms with Crippen molar-refractivity contribution in [1.29, 1.82) is 0 Å². The highest BCUT2D eigenvalue weighted by atomic mass is 32.2. The van der Waals surface area contributed by atoms with Crippen LogP contribution in [0.1, 0.15) is 105 Å². The molecule has 0 radical (unpaired) electrons.